The zero-order valence-corrected chi connectivity index (χ0v) is 10.6. The number of nitrogens with zero attached hydrogens (tertiary/aromatic N) is 2. The third-order valence-electron chi connectivity index (χ3n) is 2.25. The Balaban J connectivity index is 2.70. The molecule has 0 saturated carbocycles. The maximum atomic E-state index is 11.6. The van der Waals surface area contributed by atoms with Crippen molar-refractivity contribution >= 4 is 34.8 Å². The van der Waals surface area contributed by atoms with Crippen LogP contribution in [-0.2, 0) is 4.79 Å². The maximum Gasteiger partial charge on any atom is 0.224 e. The lowest BCUT2D eigenvalue weighted by atomic mass is 10.1. The number of nitrogens with one attached hydrogen (secondary N) is 1. The minimum absolute atomic E-state index is 0.132. The van der Waals surface area contributed by atoms with Gasteiger partial charge in [0.15, 0.2) is 10.3 Å². The van der Waals surface area contributed by atoms with Gasteiger partial charge in [-0.2, -0.15) is 0 Å². The predicted octanol–water partition coefficient (Wildman–Crippen LogP) is 3.16. The number of anilines is 1. The van der Waals surface area contributed by atoms with E-state index in [4.69, 9.17) is 23.2 Å². The molecule has 6 heteroatoms. The first-order valence-corrected chi connectivity index (χ1v) is 5.76. The molecule has 0 saturated heterocycles. The molecule has 1 aromatic heterocycles. The van der Waals surface area contributed by atoms with Gasteiger partial charge in [0.2, 0.25) is 5.91 Å². The number of aromatic nitrogens is 2. The van der Waals surface area contributed by atoms with Gasteiger partial charge in [0.25, 0.3) is 0 Å². The van der Waals surface area contributed by atoms with E-state index < -0.39 is 0 Å². The number of carbonyl (C=O) groups excluding carboxylic acids is 1. The van der Waals surface area contributed by atoms with Crippen LogP contribution in [0.25, 0.3) is 0 Å². The summed E-state index contributed by atoms with van der Waals surface area (Å²) in [5.41, 5.74) is 0.277. The van der Waals surface area contributed by atoms with Crippen molar-refractivity contribution in [1.29, 1.82) is 0 Å². The fraction of sp³-hybridized carbons (Fsp3) is 0.500. The van der Waals surface area contributed by atoms with E-state index in [0.717, 1.165) is 6.42 Å². The van der Waals surface area contributed by atoms with Crippen LogP contribution in [0.4, 0.5) is 5.69 Å². The van der Waals surface area contributed by atoms with Crippen molar-refractivity contribution in [2.24, 2.45) is 5.92 Å². The Labute approximate surface area is 104 Å². The molecule has 1 atom stereocenters. The maximum absolute atomic E-state index is 11.6. The minimum Gasteiger partial charge on any atom is -0.321 e. The summed E-state index contributed by atoms with van der Waals surface area (Å²) in [4.78, 5) is 19.1. The van der Waals surface area contributed by atoms with E-state index in [1.54, 1.807) is 0 Å². The predicted molar refractivity (Wildman–Crippen MR) is 64.8 cm³/mol. The van der Waals surface area contributed by atoms with Crippen LogP contribution in [0.1, 0.15) is 26.7 Å². The highest BCUT2D eigenvalue weighted by Crippen LogP contribution is 2.26. The topological polar surface area (TPSA) is 54.9 Å². The van der Waals surface area contributed by atoms with Gasteiger partial charge in [0, 0.05) is 6.42 Å². The Bertz CT molecular complexity index is 364. The number of rotatable bonds is 4. The molecule has 0 aliphatic rings. The quantitative estimate of drug-likeness (QED) is 0.848. The zero-order chi connectivity index (χ0) is 12.1. The molecule has 16 heavy (non-hydrogen) atoms. The Morgan fingerprint density at radius 1 is 1.44 bits per heavy atom. The minimum atomic E-state index is -0.132. The van der Waals surface area contributed by atoms with Crippen molar-refractivity contribution in [3.63, 3.8) is 0 Å². The number of amides is 1. The van der Waals surface area contributed by atoms with E-state index in [1.165, 1.54) is 6.33 Å². The van der Waals surface area contributed by atoms with Crippen molar-refractivity contribution in [3.8, 4) is 0 Å². The molecular formula is C10H13Cl2N3O. The van der Waals surface area contributed by atoms with Crippen molar-refractivity contribution in [3.05, 3.63) is 16.6 Å². The van der Waals surface area contributed by atoms with Crippen LogP contribution in [0, 0.1) is 5.92 Å². The molecule has 4 nitrogen and oxygen atoms in total. The molecule has 1 unspecified atom stereocenters. The highest BCUT2D eigenvalue weighted by atomic mass is 35.5. The monoisotopic (exact) mass is 261 g/mol. The van der Waals surface area contributed by atoms with Gasteiger partial charge in [-0.3, -0.25) is 4.79 Å². The zero-order valence-electron chi connectivity index (χ0n) is 9.13. The summed E-state index contributed by atoms with van der Waals surface area (Å²) < 4.78 is 0. The van der Waals surface area contributed by atoms with Crippen LogP contribution in [0.2, 0.25) is 10.3 Å². The normalized spacial score (nSPS) is 12.2. The Morgan fingerprint density at radius 2 is 2.00 bits per heavy atom. The Morgan fingerprint density at radius 3 is 2.50 bits per heavy atom. The van der Waals surface area contributed by atoms with Gasteiger partial charge in [-0.25, -0.2) is 9.97 Å². The van der Waals surface area contributed by atoms with Crippen molar-refractivity contribution in [1.82, 2.24) is 9.97 Å². The van der Waals surface area contributed by atoms with Crippen LogP contribution < -0.4 is 5.32 Å². The largest absolute Gasteiger partial charge is 0.321 e. The molecule has 1 amide bonds. The summed E-state index contributed by atoms with van der Waals surface area (Å²) in [7, 11) is 0. The van der Waals surface area contributed by atoms with Crippen LogP contribution in [0.15, 0.2) is 6.33 Å². The molecule has 0 spiro atoms. The lowest BCUT2D eigenvalue weighted by Crippen LogP contribution is -2.15. The van der Waals surface area contributed by atoms with Gasteiger partial charge in [-0.1, -0.05) is 43.5 Å². The summed E-state index contributed by atoms with van der Waals surface area (Å²) in [6, 6.07) is 0. The van der Waals surface area contributed by atoms with Crippen molar-refractivity contribution < 1.29 is 4.79 Å². The Kier molecular flexibility index (Phi) is 4.96. The highest BCUT2D eigenvalue weighted by molar-refractivity contribution is 6.38. The van der Waals surface area contributed by atoms with Gasteiger partial charge in [-0.15, -0.1) is 0 Å². The lowest BCUT2D eigenvalue weighted by Gasteiger charge is -2.10. The summed E-state index contributed by atoms with van der Waals surface area (Å²) in [5.74, 6) is 0.190. The van der Waals surface area contributed by atoms with E-state index in [2.05, 4.69) is 15.3 Å². The first kappa shape index (κ1) is 13.2. The average Bonchev–Trinajstić information content (AvgIpc) is 2.23. The molecular weight excluding hydrogens is 249 g/mol. The molecule has 1 aromatic rings. The van der Waals surface area contributed by atoms with Crippen LogP contribution in [0.3, 0.4) is 0 Å². The molecule has 88 valence electrons. The number of carbonyl (C=O) groups is 1. The van der Waals surface area contributed by atoms with Gasteiger partial charge in [-0.05, 0) is 5.92 Å². The van der Waals surface area contributed by atoms with E-state index in [-0.39, 0.29) is 21.9 Å². The van der Waals surface area contributed by atoms with Crippen molar-refractivity contribution in [2.75, 3.05) is 5.32 Å². The molecule has 1 rings (SSSR count). The van der Waals surface area contributed by atoms with Crippen LogP contribution in [0.5, 0.6) is 0 Å². The molecule has 0 aromatic carbocycles. The van der Waals surface area contributed by atoms with E-state index in [1.807, 2.05) is 13.8 Å². The van der Waals surface area contributed by atoms with Gasteiger partial charge >= 0.3 is 0 Å². The van der Waals surface area contributed by atoms with Gasteiger partial charge in [0.1, 0.15) is 12.0 Å². The number of hydrogen-bond acceptors (Lipinski definition) is 3. The molecule has 1 N–H and O–H groups in total. The highest BCUT2D eigenvalue weighted by Gasteiger charge is 2.13. The van der Waals surface area contributed by atoms with Crippen LogP contribution in [-0.4, -0.2) is 15.9 Å². The van der Waals surface area contributed by atoms with Gasteiger partial charge < -0.3 is 5.32 Å². The second-order valence-electron chi connectivity index (χ2n) is 3.60. The third kappa shape index (κ3) is 3.61. The van der Waals surface area contributed by atoms with Crippen LogP contribution >= 0.6 is 23.2 Å². The smallest absolute Gasteiger partial charge is 0.224 e. The number of halogens is 2. The van der Waals surface area contributed by atoms with E-state index >= 15 is 0 Å². The van der Waals surface area contributed by atoms with Crippen molar-refractivity contribution in [2.45, 2.75) is 26.7 Å². The second kappa shape index (κ2) is 6.01. The average molecular weight is 262 g/mol. The first-order valence-electron chi connectivity index (χ1n) is 5.00. The summed E-state index contributed by atoms with van der Waals surface area (Å²) >= 11 is 11.6. The molecule has 0 radical (unpaired) electrons. The second-order valence-corrected chi connectivity index (χ2v) is 4.31. The summed E-state index contributed by atoms with van der Waals surface area (Å²) in [6.45, 7) is 4.04. The third-order valence-corrected chi connectivity index (χ3v) is 2.82. The number of hydrogen-bond donors (Lipinski definition) is 1. The molecule has 0 aliphatic carbocycles. The summed E-state index contributed by atoms with van der Waals surface area (Å²) in [6.07, 6.45) is 2.62. The molecule has 0 aliphatic heterocycles. The van der Waals surface area contributed by atoms with Gasteiger partial charge in [0.05, 0.1) is 0 Å². The molecule has 0 bridgehead atoms. The fourth-order valence-corrected chi connectivity index (χ4v) is 1.51. The first-order chi connectivity index (χ1) is 7.54. The van der Waals surface area contributed by atoms with E-state index in [0.29, 0.717) is 12.3 Å². The lowest BCUT2D eigenvalue weighted by molar-refractivity contribution is -0.117. The summed E-state index contributed by atoms with van der Waals surface area (Å²) in [5, 5.41) is 2.92. The SMILES string of the molecule is CCC(C)CC(=O)Nc1c(Cl)ncnc1Cl. The van der Waals surface area contributed by atoms with E-state index in [9.17, 15) is 4.79 Å². The Hall–Kier alpha value is -0.870. The molecule has 0 fully saturated rings. The standard InChI is InChI=1S/C10H13Cl2N3O/c1-3-6(2)4-7(16)15-8-9(11)13-5-14-10(8)12/h5-6H,3-4H2,1-2H3,(H,15,16). The fourth-order valence-electron chi connectivity index (χ4n) is 1.10. The molecule has 1 heterocycles.